The zero-order valence-electron chi connectivity index (χ0n) is 72.7. The van der Waals surface area contributed by atoms with Gasteiger partial charge in [-0.15, -0.1) is 0 Å². The van der Waals surface area contributed by atoms with E-state index in [1.807, 2.05) is 0 Å². The summed E-state index contributed by atoms with van der Waals surface area (Å²) in [4.78, 5) is 0. The molecule has 0 aromatic heterocycles. The molecule has 0 saturated heterocycles. The molecule has 0 aliphatic rings. The molecule has 560 valence electrons. The van der Waals surface area contributed by atoms with Gasteiger partial charge in [0.05, 0.1) is 0 Å². The number of unbranched alkanes of at least 4 members (excludes halogenated alkanes) is 1. The van der Waals surface area contributed by atoms with Gasteiger partial charge in [0.2, 0.25) is 0 Å². The minimum atomic E-state index is -1.58. The molecule has 0 aliphatic carbocycles. The molecule has 91 heavy (non-hydrogen) atoms. The number of hydrogen-bond donors (Lipinski definition) is 0. The number of rotatable bonds is 27. The van der Waals surface area contributed by atoms with Crippen LogP contribution in [0.5, 0.6) is 0 Å². The van der Waals surface area contributed by atoms with Crippen LogP contribution in [0.1, 0.15) is 331 Å². The van der Waals surface area contributed by atoms with Gasteiger partial charge in [-0.2, -0.15) is 0 Å². The van der Waals surface area contributed by atoms with E-state index in [0.29, 0.717) is 10.1 Å². The van der Waals surface area contributed by atoms with Crippen LogP contribution in [-0.4, -0.2) is 97.4 Å². The summed E-state index contributed by atoms with van der Waals surface area (Å²) in [7, 11) is -10.1. The van der Waals surface area contributed by atoms with E-state index in [4.69, 9.17) is 31.0 Å². The van der Waals surface area contributed by atoms with Crippen LogP contribution in [0.2, 0.25) is 126 Å². The maximum absolute atomic E-state index is 6.43. The van der Waals surface area contributed by atoms with Crippen LogP contribution in [0, 0.1) is 5.92 Å². The molecule has 0 rings (SSSR count). The fourth-order valence-electron chi connectivity index (χ4n) is 12.2. The first-order chi connectivity index (χ1) is 40.2. The lowest BCUT2D eigenvalue weighted by Crippen LogP contribution is -2.50. The summed E-state index contributed by atoms with van der Waals surface area (Å²) in [5.41, 5.74) is 0.943. The van der Waals surface area contributed by atoms with Crippen molar-refractivity contribution in [1.82, 2.24) is 0 Å². The van der Waals surface area contributed by atoms with E-state index < -0.39 is 58.2 Å². The van der Waals surface area contributed by atoms with E-state index in [2.05, 4.69) is 331 Å². The summed E-state index contributed by atoms with van der Waals surface area (Å²) in [5, 5.41) is 0.657. The van der Waals surface area contributed by atoms with Crippen LogP contribution in [0.15, 0.2) is 0 Å². The largest absolute Gasteiger partial charge is 0.412 e. The van der Waals surface area contributed by atoms with Gasteiger partial charge >= 0.3 is 0 Å². The molecule has 7 nitrogen and oxygen atoms in total. The molecule has 0 radical (unpaired) electrons. The molecule has 0 amide bonds. The summed E-state index contributed by atoms with van der Waals surface area (Å²) in [6.07, 6.45) is 3.90. The second-order valence-corrected chi connectivity index (χ2v) is 70.0. The van der Waals surface area contributed by atoms with Crippen molar-refractivity contribution in [1.29, 1.82) is 0 Å². The fourth-order valence-corrected chi connectivity index (χ4v) is 36.5. The van der Waals surface area contributed by atoms with Crippen molar-refractivity contribution in [3.05, 3.63) is 0 Å². The molecular weight excluding hydrogens is 1230 g/mol. The second-order valence-electron chi connectivity index (χ2n) is 37.4. The van der Waals surface area contributed by atoms with Crippen LogP contribution in [-0.2, 0) is 31.0 Å². The van der Waals surface area contributed by atoms with E-state index in [0.717, 1.165) is 11.5 Å². The summed E-state index contributed by atoms with van der Waals surface area (Å²) < 4.78 is 44.0. The third-order valence-electron chi connectivity index (χ3n) is 18.1. The zero-order valence-corrected chi connectivity index (χ0v) is 79.7. The first-order valence-corrected chi connectivity index (χ1v) is 56.1. The molecule has 0 N–H and O–H groups in total. The summed E-state index contributed by atoms with van der Waals surface area (Å²) >= 11 is 0. The summed E-state index contributed by atoms with van der Waals surface area (Å²) in [5.74, 6) is 0.768. The van der Waals surface area contributed by atoms with Crippen LogP contribution in [0.3, 0.4) is 0 Å². The molecule has 0 saturated carbocycles. The Morgan fingerprint density at radius 2 is 0.560 bits per heavy atom. The zero-order chi connectivity index (χ0) is 74.8. The molecule has 0 aromatic carbocycles. The van der Waals surface area contributed by atoms with Gasteiger partial charge in [-0.25, -0.2) is 0 Å². The highest BCUT2D eigenvalue weighted by Gasteiger charge is 2.46. The van der Waals surface area contributed by atoms with E-state index in [1.165, 1.54) is 110 Å². The van der Waals surface area contributed by atoms with Crippen LogP contribution < -0.4 is 0 Å². The SMILES string of the molecule is CC(C)(C)O[Si](C)(C)C(C)(C)C.CCCC[Si](CC)(CC)OC(C)(C)C.CCC[Si](CC)(CC)OC(C)(C)C.CC[Si](C)(CC)OC(C)(C)C.CC[Si](CC)(CC(C)C)OC(C)(C)C.CC[Si](CC)(OC(C)(C)C)C(C)(C)C.CC[Si](CC)(OC(C)(C)C)C(C)C. The lowest BCUT2D eigenvalue weighted by molar-refractivity contribution is 0.107. The van der Waals surface area contributed by atoms with E-state index in [-0.39, 0.29) is 39.2 Å². The van der Waals surface area contributed by atoms with Gasteiger partial charge in [-0.1, -0.05) is 185 Å². The minimum Gasteiger partial charge on any atom is -0.412 e. The Bertz CT molecular complexity index is 1720. The van der Waals surface area contributed by atoms with Crippen molar-refractivity contribution in [3.8, 4) is 0 Å². The Balaban J connectivity index is -0.000000181. The molecule has 0 unspecified atom stereocenters. The fraction of sp³-hybridized carbons (Fsp3) is 1.00. The lowest BCUT2D eigenvalue weighted by Gasteiger charge is -2.45. The van der Waals surface area contributed by atoms with Crippen molar-refractivity contribution in [2.75, 3.05) is 0 Å². The Labute approximate surface area is 587 Å². The van der Waals surface area contributed by atoms with Gasteiger partial charge in [-0.05, 0) is 277 Å². The van der Waals surface area contributed by atoms with E-state index in [9.17, 15) is 0 Å². The van der Waals surface area contributed by atoms with Crippen LogP contribution >= 0.6 is 0 Å². The van der Waals surface area contributed by atoms with E-state index in [1.54, 1.807) is 0 Å². The van der Waals surface area contributed by atoms with Crippen LogP contribution in [0.4, 0.5) is 0 Å². The Morgan fingerprint density at radius 1 is 0.275 bits per heavy atom. The van der Waals surface area contributed by atoms with Crippen molar-refractivity contribution < 1.29 is 31.0 Å². The minimum absolute atomic E-state index is 0.00298. The molecular formula is C77H182O7Si7. The van der Waals surface area contributed by atoms with Gasteiger partial charge < -0.3 is 31.0 Å². The monoisotopic (exact) mass is 1420 g/mol. The van der Waals surface area contributed by atoms with Gasteiger partial charge in [0.1, 0.15) is 0 Å². The third-order valence-corrected chi connectivity index (χ3v) is 53.6. The Hall–Kier alpha value is 1.24. The highest BCUT2D eigenvalue weighted by molar-refractivity contribution is 6.77. The quantitative estimate of drug-likeness (QED) is 0.0759. The lowest BCUT2D eigenvalue weighted by atomic mass is 10.2. The summed E-state index contributed by atoms with van der Waals surface area (Å²) in [6, 6.07) is 18.8. The second kappa shape index (κ2) is 45.2. The Kier molecular flexibility index (Phi) is 52.5. The number of hydrogen-bond acceptors (Lipinski definition) is 7. The molecule has 0 fully saturated rings. The van der Waals surface area contributed by atoms with Crippen molar-refractivity contribution in [3.63, 3.8) is 0 Å². The smallest absolute Gasteiger partial charge is 0.198 e. The maximum atomic E-state index is 6.43. The van der Waals surface area contributed by atoms with Crippen molar-refractivity contribution in [2.45, 2.75) is 496 Å². The highest BCUT2D eigenvalue weighted by Crippen LogP contribution is 2.45. The van der Waals surface area contributed by atoms with Crippen LogP contribution in [0.25, 0.3) is 0 Å². The molecule has 0 aromatic rings. The van der Waals surface area contributed by atoms with Gasteiger partial charge in [0, 0.05) is 39.2 Å². The first kappa shape index (κ1) is 106. The van der Waals surface area contributed by atoms with Crippen molar-refractivity contribution >= 4 is 58.2 Å². The van der Waals surface area contributed by atoms with Gasteiger partial charge in [-0.3, -0.25) is 0 Å². The third kappa shape index (κ3) is 52.9. The standard InChI is InChI=1S/3C12H28OSi.2C11H26OSi.C10H24OSi.C9H22OSi/c1-9-14(10-2,12(6,7)8)13-11(3,4)5;1-8-14(9-2,10-11(3)4)13-12(5,6)7;1-7-10-11-14(8-2,9-3)13-12(4,5)6;1-8-13(9-2,10(3)4)12-11(5,6)7;1-7-10-13(8-2,9-3)12-11(4,5)6;1-9(2,3)11-12(7,8)10(4,5)6;1-7-11(6,8-2)10-9(3,4)5/h9-10H2,1-8H3;11H,8-10H2,1-7H3;7-11H2,1-6H3;10H,8-9H2,1-7H3;7-10H2,1-6H3;1-8H3;7-8H2,1-6H3. The maximum Gasteiger partial charge on any atom is 0.198 e. The summed E-state index contributed by atoms with van der Waals surface area (Å²) in [6.45, 7) is 107. The molecule has 0 bridgehead atoms. The predicted octanol–water partition coefficient (Wildman–Crippen LogP) is 29.2. The Morgan fingerprint density at radius 3 is 0.703 bits per heavy atom. The average molecular weight is 1420 g/mol. The first-order valence-electron chi connectivity index (χ1n) is 38.1. The van der Waals surface area contributed by atoms with Crippen molar-refractivity contribution in [2.24, 2.45) is 5.92 Å². The molecule has 0 spiro atoms. The highest BCUT2D eigenvalue weighted by atomic mass is 28.4. The molecule has 0 aliphatic heterocycles. The topological polar surface area (TPSA) is 64.6 Å². The van der Waals surface area contributed by atoms with E-state index >= 15 is 0 Å². The molecule has 0 heterocycles. The average Bonchev–Trinajstić information content (AvgIpc) is 1.21. The van der Waals surface area contributed by atoms with Gasteiger partial charge in [0.25, 0.3) is 0 Å². The van der Waals surface area contributed by atoms with Gasteiger partial charge in [0.15, 0.2) is 58.2 Å². The predicted molar refractivity (Wildman–Crippen MR) is 438 cm³/mol. The molecule has 0 atom stereocenters. The normalized spacial score (nSPS) is 13.9. The molecule has 14 heteroatoms.